The zero-order valence-electron chi connectivity index (χ0n) is 9.37. The molecule has 2 nitrogen and oxygen atoms in total. The fourth-order valence-electron chi connectivity index (χ4n) is 1.52. The summed E-state index contributed by atoms with van der Waals surface area (Å²) in [4.78, 5) is 4.17. The number of anilines is 1. The van der Waals surface area contributed by atoms with Crippen molar-refractivity contribution >= 4 is 17.3 Å². The van der Waals surface area contributed by atoms with E-state index in [0.717, 1.165) is 16.9 Å². The molecule has 0 atom stereocenters. The minimum atomic E-state index is -0.395. The van der Waals surface area contributed by atoms with E-state index in [1.807, 2.05) is 19.1 Å². The fourth-order valence-corrected chi connectivity index (χ4v) is 1.64. The molecule has 2 aromatic rings. The van der Waals surface area contributed by atoms with Crippen LogP contribution in [0.1, 0.15) is 11.3 Å². The molecule has 0 saturated heterocycles. The first-order valence-corrected chi connectivity index (χ1v) is 5.64. The quantitative estimate of drug-likeness (QED) is 0.896. The van der Waals surface area contributed by atoms with Crippen LogP contribution in [0.5, 0.6) is 0 Å². The summed E-state index contributed by atoms with van der Waals surface area (Å²) in [5.41, 5.74) is 2.71. The summed E-state index contributed by atoms with van der Waals surface area (Å²) >= 11 is 5.62. The van der Waals surface area contributed by atoms with Crippen molar-refractivity contribution in [3.05, 3.63) is 58.6 Å². The van der Waals surface area contributed by atoms with E-state index >= 15 is 0 Å². The van der Waals surface area contributed by atoms with Crippen LogP contribution in [-0.2, 0) is 6.54 Å². The molecule has 0 spiro atoms. The lowest BCUT2D eigenvalue weighted by molar-refractivity contribution is 0.626. The highest BCUT2D eigenvalue weighted by Gasteiger charge is 2.02. The van der Waals surface area contributed by atoms with Crippen LogP contribution in [0.3, 0.4) is 0 Å². The second-order valence-corrected chi connectivity index (χ2v) is 4.15. The largest absolute Gasteiger partial charge is 0.380 e. The standard InChI is InChI=1S/C13H12ClFN2/c1-9-13(3-2-6-16-9)17-8-10-4-5-11(14)12(15)7-10/h2-7,17H,8H2,1H3. The molecule has 0 amide bonds. The van der Waals surface area contributed by atoms with Crippen LogP contribution in [0.15, 0.2) is 36.5 Å². The molecule has 4 heteroatoms. The molecule has 0 fully saturated rings. The van der Waals surface area contributed by atoms with E-state index in [2.05, 4.69) is 10.3 Å². The molecule has 0 radical (unpaired) electrons. The Morgan fingerprint density at radius 2 is 2.18 bits per heavy atom. The van der Waals surface area contributed by atoms with Crippen molar-refractivity contribution in [2.24, 2.45) is 0 Å². The summed E-state index contributed by atoms with van der Waals surface area (Å²) in [7, 11) is 0. The summed E-state index contributed by atoms with van der Waals surface area (Å²) in [6.45, 7) is 2.46. The average Bonchev–Trinajstić information content (AvgIpc) is 2.32. The zero-order chi connectivity index (χ0) is 12.3. The molecule has 1 N–H and O–H groups in total. The predicted molar refractivity (Wildman–Crippen MR) is 67.7 cm³/mol. The minimum absolute atomic E-state index is 0.145. The Balaban J connectivity index is 2.08. The molecule has 1 heterocycles. The van der Waals surface area contributed by atoms with Crippen LogP contribution in [0.4, 0.5) is 10.1 Å². The normalized spacial score (nSPS) is 10.3. The molecule has 2 rings (SSSR count). The van der Waals surface area contributed by atoms with E-state index in [1.165, 1.54) is 6.07 Å². The van der Waals surface area contributed by atoms with E-state index in [4.69, 9.17) is 11.6 Å². The molecular formula is C13H12ClFN2. The number of nitrogens with zero attached hydrogens (tertiary/aromatic N) is 1. The topological polar surface area (TPSA) is 24.9 Å². The Bertz CT molecular complexity index is 529. The van der Waals surface area contributed by atoms with Gasteiger partial charge in [-0.2, -0.15) is 0 Å². The van der Waals surface area contributed by atoms with Crippen LogP contribution >= 0.6 is 11.6 Å². The Kier molecular flexibility index (Phi) is 3.59. The molecule has 17 heavy (non-hydrogen) atoms. The smallest absolute Gasteiger partial charge is 0.142 e. The van der Waals surface area contributed by atoms with Gasteiger partial charge in [0.2, 0.25) is 0 Å². The first-order valence-electron chi connectivity index (χ1n) is 5.26. The van der Waals surface area contributed by atoms with Crippen molar-refractivity contribution in [2.75, 3.05) is 5.32 Å². The van der Waals surface area contributed by atoms with Gasteiger partial charge in [-0.1, -0.05) is 17.7 Å². The third-order valence-electron chi connectivity index (χ3n) is 2.47. The Morgan fingerprint density at radius 1 is 1.35 bits per heavy atom. The van der Waals surface area contributed by atoms with Crippen LogP contribution in [-0.4, -0.2) is 4.98 Å². The van der Waals surface area contributed by atoms with Crippen LogP contribution in [0, 0.1) is 12.7 Å². The van der Waals surface area contributed by atoms with Crippen molar-refractivity contribution in [3.63, 3.8) is 0 Å². The van der Waals surface area contributed by atoms with E-state index in [9.17, 15) is 4.39 Å². The molecule has 0 unspecified atom stereocenters. The number of hydrogen-bond donors (Lipinski definition) is 1. The van der Waals surface area contributed by atoms with Gasteiger partial charge < -0.3 is 5.32 Å². The molecule has 1 aromatic heterocycles. The van der Waals surface area contributed by atoms with Crippen LogP contribution in [0.2, 0.25) is 5.02 Å². The van der Waals surface area contributed by atoms with E-state index in [-0.39, 0.29) is 5.02 Å². The molecule has 0 bridgehead atoms. The van der Waals surface area contributed by atoms with Crippen molar-refractivity contribution in [1.82, 2.24) is 4.98 Å². The lowest BCUT2D eigenvalue weighted by Crippen LogP contribution is -2.02. The number of benzene rings is 1. The van der Waals surface area contributed by atoms with E-state index in [1.54, 1.807) is 18.3 Å². The highest BCUT2D eigenvalue weighted by molar-refractivity contribution is 6.30. The maximum atomic E-state index is 13.2. The first kappa shape index (κ1) is 11.9. The third-order valence-corrected chi connectivity index (χ3v) is 2.78. The predicted octanol–water partition coefficient (Wildman–Crippen LogP) is 3.79. The van der Waals surface area contributed by atoms with Crippen LogP contribution < -0.4 is 5.32 Å². The number of halogens is 2. The fraction of sp³-hybridized carbons (Fsp3) is 0.154. The van der Waals surface area contributed by atoms with E-state index < -0.39 is 5.82 Å². The summed E-state index contributed by atoms with van der Waals surface area (Å²) < 4.78 is 13.2. The van der Waals surface area contributed by atoms with Gasteiger partial charge in [-0.25, -0.2) is 4.39 Å². The number of rotatable bonds is 3. The number of aryl methyl sites for hydroxylation is 1. The highest BCUT2D eigenvalue weighted by atomic mass is 35.5. The first-order chi connectivity index (χ1) is 8.16. The van der Waals surface area contributed by atoms with Crippen molar-refractivity contribution in [1.29, 1.82) is 0 Å². The third kappa shape index (κ3) is 2.94. The molecule has 0 aliphatic heterocycles. The van der Waals surface area contributed by atoms with E-state index in [0.29, 0.717) is 6.54 Å². The maximum Gasteiger partial charge on any atom is 0.142 e. The highest BCUT2D eigenvalue weighted by Crippen LogP contribution is 2.17. The molecule has 0 aliphatic rings. The molecule has 0 saturated carbocycles. The number of nitrogens with one attached hydrogen (secondary N) is 1. The SMILES string of the molecule is Cc1ncccc1NCc1ccc(Cl)c(F)c1. The molecule has 1 aromatic carbocycles. The monoisotopic (exact) mass is 250 g/mol. The van der Waals surface area contributed by atoms with Gasteiger partial charge in [-0.05, 0) is 36.8 Å². The van der Waals surface area contributed by atoms with Crippen molar-refractivity contribution < 1.29 is 4.39 Å². The molecule has 88 valence electrons. The van der Waals surface area contributed by atoms with Crippen LogP contribution in [0.25, 0.3) is 0 Å². The van der Waals surface area contributed by atoms with Gasteiger partial charge in [0.1, 0.15) is 5.82 Å². The summed E-state index contributed by atoms with van der Waals surface area (Å²) in [6.07, 6.45) is 1.74. The minimum Gasteiger partial charge on any atom is -0.380 e. The molecular weight excluding hydrogens is 239 g/mol. The van der Waals surface area contributed by atoms with Gasteiger partial charge >= 0.3 is 0 Å². The molecule has 0 aliphatic carbocycles. The van der Waals surface area contributed by atoms with Gasteiger partial charge in [0.25, 0.3) is 0 Å². The Morgan fingerprint density at radius 3 is 2.88 bits per heavy atom. The Labute approximate surface area is 104 Å². The van der Waals surface area contributed by atoms with Crippen molar-refractivity contribution in [3.8, 4) is 0 Å². The number of aromatic nitrogens is 1. The van der Waals surface area contributed by atoms with Gasteiger partial charge in [0.15, 0.2) is 0 Å². The van der Waals surface area contributed by atoms with Gasteiger partial charge in [0.05, 0.1) is 16.4 Å². The van der Waals surface area contributed by atoms with Gasteiger partial charge in [0, 0.05) is 12.7 Å². The Hall–Kier alpha value is -1.61. The van der Waals surface area contributed by atoms with Gasteiger partial charge in [-0.3, -0.25) is 4.98 Å². The summed E-state index contributed by atoms with van der Waals surface area (Å²) in [6, 6.07) is 8.58. The maximum absolute atomic E-state index is 13.2. The van der Waals surface area contributed by atoms with Gasteiger partial charge in [-0.15, -0.1) is 0 Å². The number of pyridine rings is 1. The number of hydrogen-bond acceptors (Lipinski definition) is 2. The lowest BCUT2D eigenvalue weighted by Gasteiger charge is -2.08. The second-order valence-electron chi connectivity index (χ2n) is 3.74. The average molecular weight is 251 g/mol. The lowest BCUT2D eigenvalue weighted by atomic mass is 10.2. The summed E-state index contributed by atoms with van der Waals surface area (Å²) in [5.74, 6) is -0.395. The zero-order valence-corrected chi connectivity index (χ0v) is 10.1. The van der Waals surface area contributed by atoms with Crippen molar-refractivity contribution in [2.45, 2.75) is 13.5 Å². The second kappa shape index (κ2) is 5.15. The summed E-state index contributed by atoms with van der Waals surface area (Å²) in [5, 5.41) is 3.35.